The van der Waals surface area contributed by atoms with Crippen molar-refractivity contribution in [2.45, 2.75) is 25.8 Å². The molecular weight excluding hydrogens is 189 g/mol. The molecule has 0 amide bonds. The predicted octanol–water partition coefficient (Wildman–Crippen LogP) is 2.76. The maximum Gasteiger partial charge on any atom is 0.126 e. The number of nitrogens with two attached hydrogens (primary N) is 1. The molecule has 0 saturated carbocycles. The Morgan fingerprint density at radius 2 is 2.23 bits per heavy atom. The van der Waals surface area contributed by atoms with Crippen molar-refractivity contribution >= 4 is 11.6 Å². The highest BCUT2D eigenvalue weighted by Gasteiger charge is 2.06. The molecule has 1 nitrogen and oxygen atoms in total. The Bertz CT molecular complexity index is 288. The Balaban J connectivity index is 2.81. The van der Waals surface area contributed by atoms with Gasteiger partial charge in [-0.15, -0.1) is 0 Å². The zero-order valence-electron chi connectivity index (χ0n) is 7.56. The molecule has 0 heterocycles. The maximum atomic E-state index is 13.2. The van der Waals surface area contributed by atoms with Crippen LogP contribution in [0, 0.1) is 5.82 Å². The summed E-state index contributed by atoms with van der Waals surface area (Å²) in [4.78, 5) is 0. The largest absolute Gasteiger partial charge is 0.327 e. The van der Waals surface area contributed by atoms with E-state index < -0.39 is 0 Å². The van der Waals surface area contributed by atoms with Crippen LogP contribution >= 0.6 is 11.6 Å². The minimum absolute atomic E-state index is 0.00738. The first-order chi connectivity index (χ1) is 6.13. The first-order valence-corrected chi connectivity index (χ1v) is 4.70. The average Bonchev–Trinajstić information content (AvgIpc) is 2.11. The van der Waals surface area contributed by atoms with E-state index in [1.807, 2.05) is 6.92 Å². The van der Waals surface area contributed by atoms with Gasteiger partial charge in [0.2, 0.25) is 0 Å². The smallest absolute Gasteiger partial charge is 0.126 e. The Morgan fingerprint density at radius 3 is 2.85 bits per heavy atom. The summed E-state index contributed by atoms with van der Waals surface area (Å²) in [6, 6.07) is 4.55. The van der Waals surface area contributed by atoms with Gasteiger partial charge in [-0.3, -0.25) is 0 Å². The van der Waals surface area contributed by atoms with Crippen LogP contribution < -0.4 is 5.73 Å². The van der Waals surface area contributed by atoms with Crippen molar-refractivity contribution in [1.29, 1.82) is 0 Å². The van der Waals surface area contributed by atoms with Crippen LogP contribution in [-0.4, -0.2) is 6.04 Å². The number of hydrogen-bond donors (Lipinski definition) is 1. The van der Waals surface area contributed by atoms with Crippen LogP contribution in [0.4, 0.5) is 4.39 Å². The third-order valence-electron chi connectivity index (χ3n) is 2.01. The van der Waals surface area contributed by atoms with Crippen LogP contribution in [0.3, 0.4) is 0 Å². The highest BCUT2D eigenvalue weighted by molar-refractivity contribution is 6.30. The molecule has 2 N–H and O–H groups in total. The van der Waals surface area contributed by atoms with Crippen LogP contribution in [0.1, 0.15) is 18.9 Å². The van der Waals surface area contributed by atoms with Gasteiger partial charge in [-0.25, -0.2) is 4.39 Å². The van der Waals surface area contributed by atoms with E-state index in [1.54, 1.807) is 6.07 Å². The Kier molecular flexibility index (Phi) is 3.70. The first kappa shape index (κ1) is 10.5. The van der Waals surface area contributed by atoms with E-state index in [0.717, 1.165) is 6.42 Å². The molecule has 3 heteroatoms. The van der Waals surface area contributed by atoms with Crippen molar-refractivity contribution in [3.05, 3.63) is 34.6 Å². The summed E-state index contributed by atoms with van der Waals surface area (Å²) in [5, 5.41) is 0.555. The van der Waals surface area contributed by atoms with E-state index in [2.05, 4.69) is 0 Å². The van der Waals surface area contributed by atoms with Crippen molar-refractivity contribution in [1.82, 2.24) is 0 Å². The van der Waals surface area contributed by atoms with Gasteiger partial charge < -0.3 is 5.73 Å². The second-order valence-corrected chi connectivity index (χ2v) is 3.54. The van der Waals surface area contributed by atoms with E-state index in [4.69, 9.17) is 17.3 Å². The Hall–Kier alpha value is -0.600. The molecule has 0 aliphatic rings. The molecule has 0 fully saturated rings. The zero-order valence-corrected chi connectivity index (χ0v) is 8.31. The number of halogens is 2. The molecule has 72 valence electrons. The third-order valence-corrected chi connectivity index (χ3v) is 2.25. The van der Waals surface area contributed by atoms with Gasteiger partial charge in [-0.1, -0.05) is 18.5 Å². The summed E-state index contributed by atoms with van der Waals surface area (Å²) in [6.07, 6.45) is 1.38. The van der Waals surface area contributed by atoms with Gasteiger partial charge in [0, 0.05) is 11.1 Å². The zero-order chi connectivity index (χ0) is 9.84. The topological polar surface area (TPSA) is 26.0 Å². The van der Waals surface area contributed by atoms with E-state index in [1.165, 1.54) is 12.1 Å². The van der Waals surface area contributed by atoms with Crippen LogP contribution in [0.5, 0.6) is 0 Å². The fourth-order valence-electron chi connectivity index (χ4n) is 1.13. The van der Waals surface area contributed by atoms with Gasteiger partial charge in [-0.05, 0) is 36.6 Å². The van der Waals surface area contributed by atoms with Crippen molar-refractivity contribution < 1.29 is 4.39 Å². The summed E-state index contributed by atoms with van der Waals surface area (Å²) < 4.78 is 13.2. The minimum atomic E-state index is -0.228. The fourth-order valence-corrected chi connectivity index (χ4v) is 1.32. The number of hydrogen-bond acceptors (Lipinski definition) is 1. The summed E-state index contributed by atoms with van der Waals surface area (Å²) in [6.45, 7) is 1.98. The van der Waals surface area contributed by atoms with Crippen LogP contribution in [0.2, 0.25) is 5.02 Å². The maximum absolute atomic E-state index is 13.2. The lowest BCUT2D eigenvalue weighted by molar-refractivity contribution is 0.579. The molecule has 1 aromatic carbocycles. The van der Waals surface area contributed by atoms with E-state index >= 15 is 0 Å². The Labute approximate surface area is 82.7 Å². The molecule has 13 heavy (non-hydrogen) atoms. The summed E-state index contributed by atoms with van der Waals surface area (Å²) in [5.74, 6) is -0.228. The Morgan fingerprint density at radius 1 is 1.54 bits per heavy atom. The van der Waals surface area contributed by atoms with Crippen LogP contribution in [0.25, 0.3) is 0 Å². The van der Waals surface area contributed by atoms with E-state index in [-0.39, 0.29) is 11.9 Å². The molecule has 0 aliphatic carbocycles. The SMILES string of the molecule is CCC(N)Cc1cc(Cl)ccc1F. The van der Waals surface area contributed by atoms with Crippen molar-refractivity contribution in [2.24, 2.45) is 5.73 Å². The van der Waals surface area contributed by atoms with Gasteiger partial charge in [0.25, 0.3) is 0 Å². The minimum Gasteiger partial charge on any atom is -0.327 e. The molecule has 0 bridgehead atoms. The highest BCUT2D eigenvalue weighted by atomic mass is 35.5. The lowest BCUT2D eigenvalue weighted by atomic mass is 10.0. The lowest BCUT2D eigenvalue weighted by Crippen LogP contribution is -2.21. The van der Waals surface area contributed by atoms with Gasteiger partial charge in [0.05, 0.1) is 0 Å². The van der Waals surface area contributed by atoms with Gasteiger partial charge in [0.15, 0.2) is 0 Å². The molecule has 0 spiro atoms. The lowest BCUT2D eigenvalue weighted by Gasteiger charge is -2.09. The third kappa shape index (κ3) is 2.98. The molecule has 0 aliphatic heterocycles. The van der Waals surface area contributed by atoms with Gasteiger partial charge in [-0.2, -0.15) is 0 Å². The normalized spacial score (nSPS) is 12.9. The molecule has 0 radical (unpaired) electrons. The quantitative estimate of drug-likeness (QED) is 0.800. The summed E-state index contributed by atoms with van der Waals surface area (Å²) in [5.41, 5.74) is 6.31. The standard InChI is InChI=1S/C10H13ClFN/c1-2-9(13)6-7-5-8(11)3-4-10(7)12/h3-5,9H,2,6,13H2,1H3. The summed E-state index contributed by atoms with van der Waals surface area (Å²) in [7, 11) is 0. The van der Waals surface area contributed by atoms with Gasteiger partial charge in [0.1, 0.15) is 5.82 Å². The molecule has 1 rings (SSSR count). The van der Waals surface area contributed by atoms with E-state index in [0.29, 0.717) is 17.0 Å². The first-order valence-electron chi connectivity index (χ1n) is 4.33. The van der Waals surface area contributed by atoms with E-state index in [9.17, 15) is 4.39 Å². The molecule has 0 saturated heterocycles. The monoisotopic (exact) mass is 201 g/mol. The average molecular weight is 202 g/mol. The summed E-state index contributed by atoms with van der Waals surface area (Å²) >= 11 is 5.74. The highest BCUT2D eigenvalue weighted by Crippen LogP contribution is 2.16. The molecule has 1 atom stereocenters. The van der Waals surface area contributed by atoms with Crippen LogP contribution in [0.15, 0.2) is 18.2 Å². The second kappa shape index (κ2) is 4.58. The van der Waals surface area contributed by atoms with Gasteiger partial charge >= 0.3 is 0 Å². The molecule has 0 aromatic heterocycles. The number of rotatable bonds is 3. The second-order valence-electron chi connectivity index (χ2n) is 3.11. The molecule has 1 aromatic rings. The van der Waals surface area contributed by atoms with Crippen molar-refractivity contribution in [2.75, 3.05) is 0 Å². The van der Waals surface area contributed by atoms with Crippen molar-refractivity contribution in [3.8, 4) is 0 Å². The molecule has 1 unspecified atom stereocenters. The fraction of sp³-hybridized carbons (Fsp3) is 0.400. The molecular formula is C10H13ClFN. The van der Waals surface area contributed by atoms with Crippen LogP contribution in [-0.2, 0) is 6.42 Å². The number of benzene rings is 1. The predicted molar refractivity (Wildman–Crippen MR) is 53.4 cm³/mol. The van der Waals surface area contributed by atoms with Crippen molar-refractivity contribution in [3.63, 3.8) is 0 Å².